The van der Waals surface area contributed by atoms with E-state index < -0.39 is 0 Å². The first-order valence-corrected chi connectivity index (χ1v) is 8.64. The van der Waals surface area contributed by atoms with E-state index in [0.717, 1.165) is 36.6 Å². The van der Waals surface area contributed by atoms with E-state index in [0.29, 0.717) is 12.2 Å². The Bertz CT molecular complexity index is 812. The minimum absolute atomic E-state index is 0.178. The van der Waals surface area contributed by atoms with Gasteiger partial charge in [0.1, 0.15) is 11.6 Å². The van der Waals surface area contributed by atoms with Gasteiger partial charge in [-0.2, -0.15) is 0 Å². The van der Waals surface area contributed by atoms with Gasteiger partial charge in [-0.15, -0.1) is 0 Å². The largest absolute Gasteiger partial charge is 0.355 e. The minimum Gasteiger partial charge on any atom is -0.355 e. The van der Waals surface area contributed by atoms with Crippen LogP contribution in [-0.4, -0.2) is 47.0 Å². The second-order valence-electron chi connectivity index (χ2n) is 6.40. The molecule has 0 saturated carbocycles. The number of anilines is 1. The van der Waals surface area contributed by atoms with Gasteiger partial charge in [0.25, 0.3) is 5.91 Å². The maximum absolute atomic E-state index is 13.7. The monoisotopic (exact) mass is 358 g/mol. The van der Waals surface area contributed by atoms with Gasteiger partial charge in [-0.1, -0.05) is 0 Å². The van der Waals surface area contributed by atoms with Crippen LogP contribution in [0.3, 0.4) is 0 Å². The summed E-state index contributed by atoms with van der Waals surface area (Å²) in [6.45, 7) is 5.77. The maximum Gasteiger partial charge on any atom is 0.288 e. The van der Waals surface area contributed by atoms with Crippen LogP contribution < -0.4 is 15.5 Å². The molecule has 1 saturated heterocycles. The summed E-state index contributed by atoms with van der Waals surface area (Å²) in [5.74, 6) is 0.364. The number of amides is 1. The second kappa shape index (κ2) is 7.74. The first-order chi connectivity index (χ1) is 12.5. The Hall–Kier alpha value is -2.61. The highest BCUT2D eigenvalue weighted by atomic mass is 19.1. The van der Waals surface area contributed by atoms with E-state index >= 15 is 0 Å². The van der Waals surface area contributed by atoms with Crippen molar-refractivity contribution in [3.05, 3.63) is 46.9 Å². The first-order valence-electron chi connectivity index (χ1n) is 8.64. The molecule has 3 rings (SSSR count). The van der Waals surface area contributed by atoms with Gasteiger partial charge in [0.2, 0.25) is 5.82 Å². The molecule has 0 radical (unpaired) electrons. The summed E-state index contributed by atoms with van der Waals surface area (Å²) in [5.41, 5.74) is 2.18. The molecular formula is C18H23FN6O. The van der Waals surface area contributed by atoms with Crippen LogP contribution in [0.5, 0.6) is 0 Å². The third-order valence-electron chi connectivity index (χ3n) is 4.67. The average Bonchev–Trinajstić information content (AvgIpc) is 3.11. The lowest BCUT2D eigenvalue weighted by Crippen LogP contribution is -2.33. The Morgan fingerprint density at radius 2 is 2.19 bits per heavy atom. The zero-order chi connectivity index (χ0) is 18.7. The standard InChI is InChI=1S/C18H23FN6O/c1-11-12(2)23-16(18(26)20-3)24-17(11)25-8-6-13(10-25)22-9-15-14(19)5-4-7-21-15/h4-5,7,13,22H,6,8-10H2,1-3H3,(H,20,26)/t13-/m1/s1. The molecule has 26 heavy (non-hydrogen) atoms. The molecule has 7 nitrogen and oxygen atoms in total. The summed E-state index contributed by atoms with van der Waals surface area (Å²) in [6.07, 6.45) is 2.50. The summed E-state index contributed by atoms with van der Waals surface area (Å²) >= 11 is 0. The molecule has 0 spiro atoms. The minimum atomic E-state index is -0.299. The molecule has 8 heteroatoms. The van der Waals surface area contributed by atoms with Crippen LogP contribution in [0, 0.1) is 19.7 Å². The van der Waals surface area contributed by atoms with E-state index in [4.69, 9.17) is 0 Å². The van der Waals surface area contributed by atoms with Crippen molar-refractivity contribution in [2.75, 3.05) is 25.0 Å². The Morgan fingerprint density at radius 3 is 2.92 bits per heavy atom. The summed E-state index contributed by atoms with van der Waals surface area (Å²) in [6, 6.07) is 3.20. The molecule has 1 amide bonds. The zero-order valence-corrected chi connectivity index (χ0v) is 15.2. The Kier molecular flexibility index (Phi) is 5.41. The summed E-state index contributed by atoms with van der Waals surface area (Å²) < 4.78 is 13.7. The van der Waals surface area contributed by atoms with Gasteiger partial charge in [-0.05, 0) is 32.4 Å². The summed E-state index contributed by atoms with van der Waals surface area (Å²) in [5, 5.41) is 5.92. The number of carbonyl (C=O) groups is 1. The van der Waals surface area contributed by atoms with Crippen LogP contribution in [0.25, 0.3) is 0 Å². The third-order valence-corrected chi connectivity index (χ3v) is 4.67. The first kappa shape index (κ1) is 18.2. The molecule has 0 aliphatic carbocycles. The molecule has 0 unspecified atom stereocenters. The van der Waals surface area contributed by atoms with Gasteiger partial charge < -0.3 is 15.5 Å². The number of carbonyl (C=O) groups excluding carboxylic acids is 1. The van der Waals surface area contributed by atoms with Gasteiger partial charge in [0.15, 0.2) is 0 Å². The van der Waals surface area contributed by atoms with Crippen molar-refractivity contribution in [3.63, 3.8) is 0 Å². The fourth-order valence-electron chi connectivity index (χ4n) is 3.04. The van der Waals surface area contributed by atoms with Crippen molar-refractivity contribution in [1.29, 1.82) is 0 Å². The van der Waals surface area contributed by atoms with E-state index in [2.05, 4.69) is 30.5 Å². The number of rotatable bonds is 5. The molecule has 2 aromatic rings. The Balaban J connectivity index is 1.69. The highest BCUT2D eigenvalue weighted by Crippen LogP contribution is 2.24. The third kappa shape index (κ3) is 3.80. The molecule has 1 atom stereocenters. The number of pyridine rings is 1. The van der Waals surface area contributed by atoms with Crippen LogP contribution in [0.1, 0.15) is 34.0 Å². The topological polar surface area (TPSA) is 83.0 Å². The van der Waals surface area contributed by atoms with Crippen molar-refractivity contribution < 1.29 is 9.18 Å². The molecule has 2 N–H and O–H groups in total. The van der Waals surface area contributed by atoms with Crippen molar-refractivity contribution in [3.8, 4) is 0 Å². The molecule has 1 fully saturated rings. The van der Waals surface area contributed by atoms with E-state index in [1.54, 1.807) is 19.3 Å². The molecule has 138 valence electrons. The van der Waals surface area contributed by atoms with Gasteiger partial charge in [-0.3, -0.25) is 9.78 Å². The van der Waals surface area contributed by atoms with Gasteiger partial charge >= 0.3 is 0 Å². The molecule has 3 heterocycles. The molecule has 0 aromatic carbocycles. The Morgan fingerprint density at radius 1 is 1.38 bits per heavy atom. The molecule has 1 aliphatic heterocycles. The number of aromatic nitrogens is 3. The van der Waals surface area contributed by atoms with Crippen LogP contribution >= 0.6 is 0 Å². The van der Waals surface area contributed by atoms with E-state index in [1.807, 2.05) is 13.8 Å². The lowest BCUT2D eigenvalue weighted by atomic mass is 10.2. The van der Waals surface area contributed by atoms with Crippen LogP contribution in [0.2, 0.25) is 0 Å². The van der Waals surface area contributed by atoms with Crippen molar-refractivity contribution >= 4 is 11.7 Å². The number of hydrogen-bond donors (Lipinski definition) is 2. The Labute approximate surface area is 152 Å². The molecule has 1 aliphatic rings. The number of hydrogen-bond acceptors (Lipinski definition) is 6. The average molecular weight is 358 g/mol. The smallest absolute Gasteiger partial charge is 0.288 e. The molecule has 0 bridgehead atoms. The van der Waals surface area contributed by atoms with Crippen molar-refractivity contribution in [2.45, 2.75) is 32.9 Å². The van der Waals surface area contributed by atoms with Gasteiger partial charge in [-0.25, -0.2) is 14.4 Å². The normalized spacial score (nSPS) is 16.8. The van der Waals surface area contributed by atoms with Crippen LogP contribution in [-0.2, 0) is 6.54 Å². The fourth-order valence-corrected chi connectivity index (χ4v) is 3.04. The van der Waals surface area contributed by atoms with Crippen LogP contribution in [0.15, 0.2) is 18.3 Å². The van der Waals surface area contributed by atoms with Crippen molar-refractivity contribution in [1.82, 2.24) is 25.6 Å². The van der Waals surface area contributed by atoms with Gasteiger partial charge in [0.05, 0.1) is 5.69 Å². The van der Waals surface area contributed by atoms with Gasteiger partial charge in [0, 0.05) is 50.2 Å². The number of halogens is 1. The summed E-state index contributed by atoms with van der Waals surface area (Å²) in [4.78, 5) is 26.8. The number of nitrogens with one attached hydrogen (secondary N) is 2. The molecular weight excluding hydrogens is 335 g/mol. The molecule has 2 aromatic heterocycles. The fraction of sp³-hybridized carbons (Fsp3) is 0.444. The lowest BCUT2D eigenvalue weighted by Gasteiger charge is -2.21. The number of nitrogens with zero attached hydrogens (tertiary/aromatic N) is 4. The highest BCUT2D eigenvalue weighted by molar-refractivity contribution is 5.90. The van der Waals surface area contributed by atoms with E-state index in [1.165, 1.54) is 6.07 Å². The zero-order valence-electron chi connectivity index (χ0n) is 15.2. The van der Waals surface area contributed by atoms with E-state index in [-0.39, 0.29) is 23.6 Å². The van der Waals surface area contributed by atoms with Crippen LogP contribution in [0.4, 0.5) is 10.2 Å². The summed E-state index contributed by atoms with van der Waals surface area (Å²) in [7, 11) is 1.56. The lowest BCUT2D eigenvalue weighted by molar-refractivity contribution is 0.0952. The SMILES string of the molecule is CNC(=O)c1nc(C)c(C)c(N2CC[C@@H](NCc3ncccc3F)C2)n1. The van der Waals surface area contributed by atoms with Crippen molar-refractivity contribution in [2.24, 2.45) is 0 Å². The maximum atomic E-state index is 13.7. The van der Waals surface area contributed by atoms with E-state index in [9.17, 15) is 9.18 Å². The highest BCUT2D eigenvalue weighted by Gasteiger charge is 2.26. The second-order valence-corrected chi connectivity index (χ2v) is 6.40. The number of aryl methyl sites for hydroxylation is 1. The quantitative estimate of drug-likeness (QED) is 0.840. The predicted octanol–water partition coefficient (Wildman–Crippen LogP) is 1.36. The predicted molar refractivity (Wildman–Crippen MR) is 96.5 cm³/mol.